The van der Waals surface area contributed by atoms with E-state index in [2.05, 4.69) is 14.9 Å². The molecule has 0 amide bonds. The summed E-state index contributed by atoms with van der Waals surface area (Å²) < 4.78 is 22.1. The van der Waals surface area contributed by atoms with Gasteiger partial charge >= 0.3 is 5.97 Å². The van der Waals surface area contributed by atoms with Crippen LogP contribution in [0.3, 0.4) is 0 Å². The Bertz CT molecular complexity index is 537. The molecule has 2 aromatic rings. The molecule has 0 aliphatic rings. The molecule has 0 saturated heterocycles. The van der Waals surface area contributed by atoms with Gasteiger partial charge in [-0.2, -0.15) is 4.98 Å². The number of aromatic nitrogens is 2. The lowest BCUT2D eigenvalue weighted by molar-refractivity contribution is -0.140. The summed E-state index contributed by atoms with van der Waals surface area (Å²) >= 11 is 0. The largest absolute Gasteiger partial charge is 0.469 e. The van der Waals surface area contributed by atoms with Crippen LogP contribution in [0.15, 0.2) is 28.8 Å². The molecule has 0 N–H and O–H groups in total. The second-order valence-electron chi connectivity index (χ2n) is 3.66. The highest BCUT2D eigenvalue weighted by atomic mass is 19.1. The Hall–Kier alpha value is -2.24. The molecule has 5 nitrogen and oxygen atoms in total. The number of rotatable bonds is 4. The normalized spacial score (nSPS) is 10.3. The number of carbonyl (C=O) groups excluding carboxylic acids is 1. The SMILES string of the molecule is COC(=O)Cc1nc(Cc2ccc(F)cc2)no1. The van der Waals surface area contributed by atoms with Gasteiger partial charge in [-0.05, 0) is 17.7 Å². The number of nitrogens with zero attached hydrogens (tertiary/aromatic N) is 2. The van der Waals surface area contributed by atoms with Gasteiger partial charge in [0, 0.05) is 6.42 Å². The molecule has 94 valence electrons. The highest BCUT2D eigenvalue weighted by molar-refractivity contribution is 5.71. The van der Waals surface area contributed by atoms with Crippen molar-refractivity contribution in [2.45, 2.75) is 12.8 Å². The molecular weight excluding hydrogens is 239 g/mol. The Kier molecular flexibility index (Phi) is 3.66. The highest BCUT2D eigenvalue weighted by Crippen LogP contribution is 2.08. The summed E-state index contributed by atoms with van der Waals surface area (Å²) in [6.07, 6.45) is 0.373. The van der Waals surface area contributed by atoms with Gasteiger partial charge in [0.15, 0.2) is 5.82 Å². The van der Waals surface area contributed by atoms with E-state index in [4.69, 9.17) is 4.52 Å². The lowest BCUT2D eigenvalue weighted by Crippen LogP contribution is -2.04. The van der Waals surface area contributed by atoms with E-state index in [-0.39, 0.29) is 18.1 Å². The third kappa shape index (κ3) is 3.13. The first-order valence-corrected chi connectivity index (χ1v) is 5.30. The number of halogens is 1. The number of ether oxygens (including phenoxy) is 1. The van der Waals surface area contributed by atoms with Gasteiger partial charge in [-0.25, -0.2) is 4.39 Å². The summed E-state index contributed by atoms with van der Waals surface area (Å²) in [6, 6.07) is 6.02. The van der Waals surface area contributed by atoms with Crippen LogP contribution in [0, 0.1) is 5.82 Å². The summed E-state index contributed by atoms with van der Waals surface area (Å²) in [4.78, 5) is 15.0. The fraction of sp³-hybridized carbons (Fsp3) is 0.250. The second kappa shape index (κ2) is 5.39. The van der Waals surface area contributed by atoms with Gasteiger partial charge in [-0.1, -0.05) is 17.3 Å². The summed E-state index contributed by atoms with van der Waals surface area (Å²) in [5.74, 6) is -0.0790. The van der Waals surface area contributed by atoms with Crippen LogP contribution in [0.5, 0.6) is 0 Å². The van der Waals surface area contributed by atoms with E-state index in [0.717, 1.165) is 5.56 Å². The van der Waals surface area contributed by atoms with Gasteiger partial charge in [0.2, 0.25) is 5.89 Å². The smallest absolute Gasteiger partial charge is 0.315 e. The van der Waals surface area contributed by atoms with E-state index in [1.165, 1.54) is 19.2 Å². The zero-order chi connectivity index (χ0) is 13.0. The molecule has 0 saturated carbocycles. The molecule has 0 spiro atoms. The van der Waals surface area contributed by atoms with Gasteiger partial charge in [-0.3, -0.25) is 4.79 Å². The summed E-state index contributed by atoms with van der Waals surface area (Å²) in [6.45, 7) is 0. The number of esters is 1. The van der Waals surface area contributed by atoms with Crippen molar-refractivity contribution in [3.05, 3.63) is 47.4 Å². The molecule has 6 heteroatoms. The summed E-state index contributed by atoms with van der Waals surface area (Å²) in [5.41, 5.74) is 0.863. The Morgan fingerprint density at radius 3 is 2.78 bits per heavy atom. The van der Waals surface area contributed by atoms with Crippen molar-refractivity contribution in [2.75, 3.05) is 7.11 Å². The van der Waals surface area contributed by atoms with Gasteiger partial charge in [0.1, 0.15) is 12.2 Å². The van der Waals surface area contributed by atoms with Crippen molar-refractivity contribution in [2.24, 2.45) is 0 Å². The van der Waals surface area contributed by atoms with Crippen molar-refractivity contribution in [1.82, 2.24) is 10.1 Å². The van der Waals surface area contributed by atoms with Crippen LogP contribution in [0.4, 0.5) is 4.39 Å². The van der Waals surface area contributed by atoms with Crippen molar-refractivity contribution >= 4 is 5.97 Å². The summed E-state index contributed by atoms with van der Waals surface area (Å²) in [7, 11) is 1.29. The Morgan fingerprint density at radius 2 is 2.11 bits per heavy atom. The predicted octanol–water partition coefficient (Wildman–Crippen LogP) is 1.51. The minimum atomic E-state index is -0.438. The Labute approximate surface area is 103 Å². The molecule has 18 heavy (non-hydrogen) atoms. The molecule has 0 radical (unpaired) electrons. The highest BCUT2D eigenvalue weighted by Gasteiger charge is 2.11. The predicted molar refractivity (Wildman–Crippen MR) is 59.2 cm³/mol. The molecule has 0 atom stereocenters. The maximum Gasteiger partial charge on any atom is 0.315 e. The molecule has 2 rings (SSSR count). The van der Waals surface area contributed by atoms with Gasteiger partial charge in [-0.15, -0.1) is 0 Å². The van der Waals surface area contributed by atoms with E-state index >= 15 is 0 Å². The topological polar surface area (TPSA) is 65.2 Å². The van der Waals surface area contributed by atoms with E-state index in [1.807, 2.05) is 0 Å². The van der Waals surface area contributed by atoms with Gasteiger partial charge < -0.3 is 9.26 Å². The van der Waals surface area contributed by atoms with Crippen molar-refractivity contribution in [3.63, 3.8) is 0 Å². The number of carbonyl (C=O) groups is 1. The van der Waals surface area contributed by atoms with Crippen LogP contribution in [0.2, 0.25) is 0 Å². The van der Waals surface area contributed by atoms with Crippen LogP contribution in [-0.4, -0.2) is 23.2 Å². The Morgan fingerprint density at radius 1 is 1.39 bits per heavy atom. The number of hydrogen-bond acceptors (Lipinski definition) is 5. The molecular formula is C12H11FN2O3. The molecule has 0 aliphatic heterocycles. The first-order chi connectivity index (χ1) is 8.67. The fourth-order valence-electron chi connectivity index (χ4n) is 1.41. The minimum Gasteiger partial charge on any atom is -0.469 e. The van der Waals surface area contributed by atoms with Crippen LogP contribution < -0.4 is 0 Å². The zero-order valence-corrected chi connectivity index (χ0v) is 9.72. The first-order valence-electron chi connectivity index (χ1n) is 5.30. The van der Waals surface area contributed by atoms with Crippen molar-refractivity contribution in [1.29, 1.82) is 0 Å². The fourth-order valence-corrected chi connectivity index (χ4v) is 1.41. The number of hydrogen-bond donors (Lipinski definition) is 0. The summed E-state index contributed by atoms with van der Waals surface area (Å²) in [5, 5.41) is 3.73. The number of benzene rings is 1. The second-order valence-corrected chi connectivity index (χ2v) is 3.66. The maximum atomic E-state index is 12.7. The molecule has 1 aromatic carbocycles. The third-order valence-electron chi connectivity index (χ3n) is 2.31. The molecule has 0 aliphatic carbocycles. The quantitative estimate of drug-likeness (QED) is 0.769. The van der Waals surface area contributed by atoms with Crippen LogP contribution >= 0.6 is 0 Å². The van der Waals surface area contributed by atoms with Gasteiger partial charge in [0.25, 0.3) is 0 Å². The first kappa shape index (κ1) is 12.2. The maximum absolute atomic E-state index is 12.7. The lowest BCUT2D eigenvalue weighted by Gasteiger charge is -1.95. The molecule has 1 heterocycles. The zero-order valence-electron chi connectivity index (χ0n) is 9.72. The van der Waals surface area contributed by atoms with E-state index < -0.39 is 5.97 Å². The van der Waals surface area contributed by atoms with Crippen molar-refractivity contribution < 1.29 is 18.4 Å². The lowest BCUT2D eigenvalue weighted by atomic mass is 10.1. The number of methoxy groups -OCH3 is 1. The minimum absolute atomic E-state index is 0.0487. The van der Waals surface area contributed by atoms with Crippen molar-refractivity contribution in [3.8, 4) is 0 Å². The molecule has 0 fully saturated rings. The molecule has 1 aromatic heterocycles. The Balaban J connectivity index is 2.02. The average molecular weight is 250 g/mol. The monoisotopic (exact) mass is 250 g/mol. The third-order valence-corrected chi connectivity index (χ3v) is 2.31. The van der Waals surface area contributed by atoms with E-state index in [9.17, 15) is 9.18 Å². The van der Waals surface area contributed by atoms with Crippen LogP contribution in [0.25, 0.3) is 0 Å². The molecule has 0 unspecified atom stereocenters. The van der Waals surface area contributed by atoms with Gasteiger partial charge in [0.05, 0.1) is 7.11 Å². The average Bonchev–Trinajstić information content (AvgIpc) is 2.79. The van der Waals surface area contributed by atoms with E-state index in [1.54, 1.807) is 12.1 Å². The molecule has 0 bridgehead atoms. The standard InChI is InChI=1S/C12H11FN2O3/c1-17-12(16)7-11-14-10(15-18-11)6-8-2-4-9(13)5-3-8/h2-5H,6-7H2,1H3. The van der Waals surface area contributed by atoms with Crippen LogP contribution in [-0.2, 0) is 22.4 Å². The van der Waals surface area contributed by atoms with Crippen LogP contribution in [0.1, 0.15) is 17.3 Å². The van der Waals surface area contributed by atoms with E-state index in [0.29, 0.717) is 12.2 Å².